The van der Waals surface area contributed by atoms with Crippen molar-refractivity contribution in [2.75, 3.05) is 12.8 Å². The second kappa shape index (κ2) is 5.56. The number of aromatic nitrogens is 2. The number of hydrogen-bond acceptors (Lipinski definition) is 5. The van der Waals surface area contributed by atoms with Gasteiger partial charge in [-0.2, -0.15) is 4.98 Å². The van der Waals surface area contributed by atoms with Gasteiger partial charge in [-0.25, -0.2) is 4.98 Å². The molecule has 2 saturated carbocycles. The molecule has 1 heterocycles. The van der Waals surface area contributed by atoms with Gasteiger partial charge in [0.1, 0.15) is 17.7 Å². The van der Waals surface area contributed by atoms with E-state index in [-0.39, 0.29) is 6.10 Å². The molecule has 110 valence electrons. The molecule has 0 saturated heterocycles. The van der Waals surface area contributed by atoms with E-state index in [1.807, 2.05) is 6.92 Å². The highest BCUT2D eigenvalue weighted by Gasteiger charge is 2.29. The molecule has 2 N–H and O–H groups in total. The third kappa shape index (κ3) is 2.87. The summed E-state index contributed by atoms with van der Waals surface area (Å²) in [4.78, 5) is 8.97. The van der Waals surface area contributed by atoms with Crippen LogP contribution in [0.3, 0.4) is 0 Å². The molecule has 2 atom stereocenters. The average molecular weight is 277 g/mol. The lowest BCUT2D eigenvalue weighted by molar-refractivity contribution is 0.0192. The molecule has 2 aliphatic carbocycles. The molecule has 0 bridgehead atoms. The van der Waals surface area contributed by atoms with Crippen LogP contribution in [0.2, 0.25) is 0 Å². The minimum atomic E-state index is 0.175. The highest BCUT2D eigenvalue weighted by molar-refractivity contribution is 5.45. The fourth-order valence-corrected chi connectivity index (χ4v) is 2.75. The predicted molar refractivity (Wildman–Crippen MR) is 76.8 cm³/mol. The lowest BCUT2D eigenvalue weighted by atomic mass is 9.95. The third-order valence-electron chi connectivity index (χ3n) is 4.29. The molecule has 0 spiro atoms. The molecule has 2 aliphatic rings. The minimum absolute atomic E-state index is 0.175. The van der Waals surface area contributed by atoms with Crippen LogP contribution in [0.5, 0.6) is 5.88 Å². The molecule has 0 aliphatic heterocycles. The summed E-state index contributed by atoms with van der Waals surface area (Å²) in [5.74, 6) is 2.55. The molecule has 5 heteroatoms. The number of methoxy groups -OCH3 is 1. The fourth-order valence-electron chi connectivity index (χ4n) is 2.75. The van der Waals surface area contributed by atoms with Gasteiger partial charge in [0.05, 0.1) is 11.7 Å². The van der Waals surface area contributed by atoms with Crippen molar-refractivity contribution in [2.24, 2.45) is 0 Å². The molecule has 20 heavy (non-hydrogen) atoms. The molecular weight excluding hydrogens is 254 g/mol. The zero-order valence-electron chi connectivity index (χ0n) is 12.3. The van der Waals surface area contributed by atoms with Crippen LogP contribution in [-0.4, -0.2) is 29.3 Å². The van der Waals surface area contributed by atoms with Gasteiger partial charge in [0, 0.05) is 19.4 Å². The Balaban J connectivity index is 1.75. The number of nitrogens with zero attached hydrogens (tertiary/aromatic N) is 2. The van der Waals surface area contributed by atoms with E-state index in [4.69, 9.17) is 15.2 Å². The maximum atomic E-state index is 6.11. The number of anilines is 1. The number of nitrogens with two attached hydrogens (primary N) is 1. The van der Waals surface area contributed by atoms with E-state index < -0.39 is 0 Å². The number of hydrogen-bond donors (Lipinski definition) is 1. The van der Waals surface area contributed by atoms with Gasteiger partial charge in [-0.05, 0) is 39.0 Å². The van der Waals surface area contributed by atoms with Crippen LogP contribution in [0, 0.1) is 6.92 Å². The number of rotatable bonds is 4. The Labute approximate surface area is 119 Å². The first-order valence-corrected chi connectivity index (χ1v) is 7.51. The Bertz CT molecular complexity index is 488. The fraction of sp³-hybridized carbons (Fsp3) is 0.733. The molecule has 2 fully saturated rings. The largest absolute Gasteiger partial charge is 0.474 e. The topological polar surface area (TPSA) is 70.3 Å². The van der Waals surface area contributed by atoms with Gasteiger partial charge in [-0.15, -0.1) is 0 Å². The highest BCUT2D eigenvalue weighted by atomic mass is 16.5. The van der Waals surface area contributed by atoms with Gasteiger partial charge in [-0.3, -0.25) is 0 Å². The Morgan fingerprint density at radius 2 is 1.85 bits per heavy atom. The molecule has 3 rings (SSSR count). The Hall–Kier alpha value is -1.36. The molecule has 5 nitrogen and oxygen atoms in total. The first-order chi connectivity index (χ1) is 9.67. The van der Waals surface area contributed by atoms with Crippen molar-refractivity contribution in [1.29, 1.82) is 0 Å². The van der Waals surface area contributed by atoms with Crippen LogP contribution in [0.15, 0.2) is 0 Å². The van der Waals surface area contributed by atoms with E-state index in [0.717, 1.165) is 49.9 Å². The molecule has 0 radical (unpaired) electrons. The summed E-state index contributed by atoms with van der Waals surface area (Å²) in [6.07, 6.45) is 7.05. The van der Waals surface area contributed by atoms with Crippen LogP contribution in [0.25, 0.3) is 0 Å². The van der Waals surface area contributed by atoms with Crippen LogP contribution >= 0.6 is 0 Å². The van der Waals surface area contributed by atoms with E-state index in [1.165, 1.54) is 0 Å². The summed E-state index contributed by atoms with van der Waals surface area (Å²) < 4.78 is 11.6. The predicted octanol–water partition coefficient (Wildman–Crippen LogP) is 2.58. The van der Waals surface area contributed by atoms with Gasteiger partial charge in [0.25, 0.3) is 0 Å². The van der Waals surface area contributed by atoms with E-state index in [0.29, 0.717) is 23.7 Å². The van der Waals surface area contributed by atoms with Gasteiger partial charge >= 0.3 is 0 Å². The summed E-state index contributed by atoms with van der Waals surface area (Å²) in [6, 6.07) is 0. The summed E-state index contributed by atoms with van der Waals surface area (Å²) in [5.41, 5.74) is 6.85. The van der Waals surface area contributed by atoms with Crippen LogP contribution in [0.1, 0.15) is 55.8 Å². The van der Waals surface area contributed by atoms with Crippen LogP contribution in [0.4, 0.5) is 5.82 Å². The van der Waals surface area contributed by atoms with E-state index in [2.05, 4.69) is 9.97 Å². The quantitative estimate of drug-likeness (QED) is 0.916. The summed E-state index contributed by atoms with van der Waals surface area (Å²) in [5, 5.41) is 0. The number of ether oxygens (including phenoxy) is 2. The van der Waals surface area contributed by atoms with Crippen molar-refractivity contribution in [3.8, 4) is 5.88 Å². The van der Waals surface area contributed by atoms with E-state index in [9.17, 15) is 0 Å². The first-order valence-electron chi connectivity index (χ1n) is 7.51. The minimum Gasteiger partial charge on any atom is -0.474 e. The van der Waals surface area contributed by atoms with Gasteiger partial charge in [0.2, 0.25) is 5.88 Å². The van der Waals surface area contributed by atoms with Crippen molar-refractivity contribution >= 4 is 5.82 Å². The summed E-state index contributed by atoms with van der Waals surface area (Å²) >= 11 is 0. The van der Waals surface area contributed by atoms with Crippen molar-refractivity contribution < 1.29 is 9.47 Å². The van der Waals surface area contributed by atoms with Crippen molar-refractivity contribution in [1.82, 2.24) is 9.97 Å². The van der Waals surface area contributed by atoms with Gasteiger partial charge in [0.15, 0.2) is 0 Å². The molecule has 1 aromatic heterocycles. The maximum absolute atomic E-state index is 6.11. The maximum Gasteiger partial charge on any atom is 0.222 e. The van der Waals surface area contributed by atoms with E-state index >= 15 is 0 Å². The zero-order valence-corrected chi connectivity index (χ0v) is 12.3. The summed E-state index contributed by atoms with van der Waals surface area (Å²) in [7, 11) is 1.77. The van der Waals surface area contributed by atoms with Gasteiger partial charge < -0.3 is 15.2 Å². The van der Waals surface area contributed by atoms with Crippen molar-refractivity contribution in [3.63, 3.8) is 0 Å². The molecular formula is C15H23N3O2. The molecule has 0 aromatic carbocycles. The van der Waals surface area contributed by atoms with Crippen LogP contribution < -0.4 is 10.5 Å². The standard InChI is InChI=1S/C15H23N3O2/c1-9-13(16)17-14(10-6-7-10)18-15(9)20-12-5-3-4-11(8-12)19-2/h10-12H,3-8H2,1-2H3,(H2,16,17,18). The lowest BCUT2D eigenvalue weighted by Gasteiger charge is -2.28. The second-order valence-electron chi connectivity index (χ2n) is 5.94. The SMILES string of the molecule is COC1CCCC(Oc2nc(C3CC3)nc(N)c2C)C1. The highest BCUT2D eigenvalue weighted by Crippen LogP contribution is 2.40. The van der Waals surface area contributed by atoms with Crippen molar-refractivity contribution in [2.45, 2.75) is 63.6 Å². The van der Waals surface area contributed by atoms with Crippen molar-refractivity contribution in [3.05, 3.63) is 11.4 Å². The first kappa shape index (κ1) is 13.6. The third-order valence-corrected chi connectivity index (χ3v) is 4.29. The Kier molecular flexibility index (Phi) is 3.78. The smallest absolute Gasteiger partial charge is 0.222 e. The zero-order chi connectivity index (χ0) is 14.1. The second-order valence-corrected chi connectivity index (χ2v) is 5.94. The monoisotopic (exact) mass is 277 g/mol. The summed E-state index contributed by atoms with van der Waals surface area (Å²) in [6.45, 7) is 1.93. The normalized spacial score (nSPS) is 26.5. The number of nitrogen functional groups attached to an aromatic ring is 1. The molecule has 1 aromatic rings. The molecule has 2 unspecified atom stereocenters. The Morgan fingerprint density at radius 1 is 1.10 bits per heavy atom. The van der Waals surface area contributed by atoms with Gasteiger partial charge in [-0.1, -0.05) is 0 Å². The average Bonchev–Trinajstić information content (AvgIpc) is 3.28. The van der Waals surface area contributed by atoms with Crippen LogP contribution in [-0.2, 0) is 4.74 Å². The Morgan fingerprint density at radius 3 is 2.55 bits per heavy atom. The lowest BCUT2D eigenvalue weighted by Crippen LogP contribution is -2.30. The van der Waals surface area contributed by atoms with E-state index in [1.54, 1.807) is 7.11 Å². The molecule has 0 amide bonds.